The Kier molecular flexibility index (Phi) is 4.40. The largest absolute Gasteiger partial charge is 0.384 e. The molecule has 1 saturated heterocycles. The topological polar surface area (TPSA) is 36.9 Å². The highest BCUT2D eigenvalue weighted by molar-refractivity contribution is 7.26. The SMILES string of the molecule is COCC1(COC)COPOC1. The van der Waals surface area contributed by atoms with Gasteiger partial charge in [0.2, 0.25) is 0 Å². The summed E-state index contributed by atoms with van der Waals surface area (Å²) >= 11 is 0. The van der Waals surface area contributed by atoms with E-state index in [1.54, 1.807) is 14.2 Å². The quantitative estimate of drug-likeness (QED) is 0.621. The molecule has 0 saturated carbocycles. The number of ether oxygens (including phenoxy) is 2. The summed E-state index contributed by atoms with van der Waals surface area (Å²) in [6.45, 7) is 2.55. The Morgan fingerprint density at radius 1 is 1.17 bits per heavy atom. The maximum Gasteiger partial charge on any atom is 0.155 e. The molecule has 5 heteroatoms. The van der Waals surface area contributed by atoms with Crippen molar-refractivity contribution in [2.24, 2.45) is 5.41 Å². The Morgan fingerprint density at radius 2 is 1.67 bits per heavy atom. The molecule has 1 heterocycles. The van der Waals surface area contributed by atoms with E-state index in [1.165, 1.54) is 0 Å². The van der Waals surface area contributed by atoms with Gasteiger partial charge < -0.3 is 18.5 Å². The summed E-state index contributed by atoms with van der Waals surface area (Å²) in [5.74, 6) is 0. The molecule has 0 amide bonds. The Hall–Kier alpha value is 0.270. The van der Waals surface area contributed by atoms with Gasteiger partial charge in [0, 0.05) is 14.2 Å². The third kappa shape index (κ3) is 2.64. The van der Waals surface area contributed by atoms with Crippen LogP contribution in [0, 0.1) is 5.41 Å². The van der Waals surface area contributed by atoms with E-state index in [2.05, 4.69) is 0 Å². The first-order valence-corrected chi connectivity index (χ1v) is 4.61. The summed E-state index contributed by atoms with van der Waals surface area (Å²) in [6.07, 6.45) is 0. The molecule has 0 spiro atoms. The molecule has 1 rings (SSSR count). The van der Waals surface area contributed by atoms with Gasteiger partial charge in [-0.3, -0.25) is 0 Å². The van der Waals surface area contributed by atoms with Crippen LogP contribution in [0.25, 0.3) is 0 Å². The first-order chi connectivity index (χ1) is 5.83. The predicted molar refractivity (Wildman–Crippen MR) is 46.4 cm³/mol. The minimum absolute atomic E-state index is 0.102. The molecule has 0 radical (unpaired) electrons. The van der Waals surface area contributed by atoms with Gasteiger partial charge in [0.25, 0.3) is 0 Å². The zero-order valence-electron chi connectivity index (χ0n) is 7.46. The lowest BCUT2D eigenvalue weighted by Crippen LogP contribution is -2.41. The first-order valence-electron chi connectivity index (χ1n) is 3.79. The van der Waals surface area contributed by atoms with Crippen molar-refractivity contribution in [2.45, 2.75) is 0 Å². The average molecular weight is 194 g/mol. The molecule has 0 bridgehead atoms. The maximum atomic E-state index is 5.24. The van der Waals surface area contributed by atoms with E-state index in [9.17, 15) is 0 Å². The zero-order valence-corrected chi connectivity index (χ0v) is 8.46. The van der Waals surface area contributed by atoms with Crippen LogP contribution in [0.1, 0.15) is 0 Å². The van der Waals surface area contributed by atoms with Crippen LogP contribution in [-0.4, -0.2) is 40.6 Å². The fourth-order valence-electron chi connectivity index (χ4n) is 1.27. The predicted octanol–water partition coefficient (Wildman–Crippen LogP) is 0.821. The Balaban J connectivity index is 2.44. The van der Waals surface area contributed by atoms with Crippen molar-refractivity contribution in [3.8, 4) is 0 Å². The molecular formula is C7H15O4P. The van der Waals surface area contributed by atoms with Gasteiger partial charge >= 0.3 is 0 Å². The molecule has 12 heavy (non-hydrogen) atoms. The summed E-state index contributed by atoms with van der Waals surface area (Å²) < 4.78 is 20.7. The summed E-state index contributed by atoms with van der Waals surface area (Å²) in [5.41, 5.74) is -0.102. The second kappa shape index (κ2) is 5.10. The Morgan fingerprint density at radius 3 is 2.08 bits per heavy atom. The molecule has 0 aromatic carbocycles. The van der Waals surface area contributed by atoms with Crippen molar-refractivity contribution in [2.75, 3.05) is 40.6 Å². The van der Waals surface area contributed by atoms with Crippen LogP contribution in [0.15, 0.2) is 0 Å². The van der Waals surface area contributed by atoms with Crippen LogP contribution in [0.5, 0.6) is 0 Å². The minimum atomic E-state index is -0.102. The maximum absolute atomic E-state index is 5.24. The highest BCUT2D eigenvalue weighted by Crippen LogP contribution is 2.32. The molecule has 1 fully saturated rings. The lowest BCUT2D eigenvalue weighted by atomic mass is 9.92. The van der Waals surface area contributed by atoms with Crippen molar-refractivity contribution in [1.29, 1.82) is 0 Å². The van der Waals surface area contributed by atoms with Gasteiger partial charge in [-0.15, -0.1) is 0 Å². The van der Waals surface area contributed by atoms with E-state index < -0.39 is 0 Å². The molecule has 0 aromatic rings. The molecule has 0 N–H and O–H groups in total. The van der Waals surface area contributed by atoms with Crippen LogP contribution < -0.4 is 0 Å². The van der Waals surface area contributed by atoms with E-state index in [1.807, 2.05) is 0 Å². The monoisotopic (exact) mass is 194 g/mol. The van der Waals surface area contributed by atoms with E-state index in [0.29, 0.717) is 26.4 Å². The average Bonchev–Trinajstić information content (AvgIpc) is 2.07. The van der Waals surface area contributed by atoms with Gasteiger partial charge in [-0.05, 0) is 0 Å². The fraction of sp³-hybridized carbons (Fsp3) is 1.00. The number of methoxy groups -OCH3 is 2. The molecule has 0 atom stereocenters. The second-order valence-corrected chi connectivity index (χ2v) is 3.77. The summed E-state index contributed by atoms with van der Waals surface area (Å²) in [7, 11) is 3.52. The van der Waals surface area contributed by atoms with Crippen molar-refractivity contribution in [1.82, 2.24) is 0 Å². The number of hydrogen-bond donors (Lipinski definition) is 0. The third-order valence-electron chi connectivity index (χ3n) is 1.78. The molecule has 0 aliphatic carbocycles. The minimum Gasteiger partial charge on any atom is -0.384 e. The number of rotatable bonds is 4. The molecule has 72 valence electrons. The van der Waals surface area contributed by atoms with Gasteiger partial charge in [0.1, 0.15) is 0 Å². The van der Waals surface area contributed by atoms with Crippen molar-refractivity contribution >= 4 is 9.03 Å². The molecule has 0 aromatic heterocycles. The van der Waals surface area contributed by atoms with Gasteiger partial charge in [-0.2, -0.15) is 0 Å². The molecule has 0 unspecified atom stereocenters. The molecule has 1 aliphatic rings. The number of hydrogen-bond acceptors (Lipinski definition) is 4. The molecule has 1 aliphatic heterocycles. The second-order valence-electron chi connectivity index (χ2n) is 3.03. The van der Waals surface area contributed by atoms with E-state index in [0.717, 1.165) is 0 Å². The lowest BCUT2D eigenvalue weighted by molar-refractivity contribution is -0.0616. The first kappa shape index (κ1) is 10.4. The smallest absolute Gasteiger partial charge is 0.155 e. The van der Waals surface area contributed by atoms with E-state index >= 15 is 0 Å². The molecule has 4 nitrogen and oxygen atoms in total. The van der Waals surface area contributed by atoms with Crippen LogP contribution in [0.3, 0.4) is 0 Å². The lowest BCUT2D eigenvalue weighted by Gasteiger charge is -2.34. The summed E-state index contributed by atoms with van der Waals surface area (Å²) in [4.78, 5) is 0. The third-order valence-corrected chi connectivity index (χ3v) is 2.30. The summed E-state index contributed by atoms with van der Waals surface area (Å²) in [5, 5.41) is 0. The Bertz CT molecular complexity index is 109. The van der Waals surface area contributed by atoms with Crippen molar-refractivity contribution < 1.29 is 18.5 Å². The fourth-order valence-corrected chi connectivity index (χ4v) is 2.08. The zero-order chi connectivity index (χ0) is 8.86. The Labute approximate surface area is 74.5 Å². The van der Waals surface area contributed by atoms with Crippen LogP contribution in [0.2, 0.25) is 0 Å². The van der Waals surface area contributed by atoms with Crippen LogP contribution in [0.4, 0.5) is 0 Å². The van der Waals surface area contributed by atoms with Crippen molar-refractivity contribution in [3.63, 3.8) is 0 Å². The van der Waals surface area contributed by atoms with Gasteiger partial charge in [-0.1, -0.05) is 0 Å². The highest BCUT2D eigenvalue weighted by Gasteiger charge is 2.34. The van der Waals surface area contributed by atoms with E-state index in [-0.39, 0.29) is 14.4 Å². The summed E-state index contributed by atoms with van der Waals surface area (Å²) in [6, 6.07) is 0. The van der Waals surface area contributed by atoms with E-state index in [4.69, 9.17) is 18.5 Å². The van der Waals surface area contributed by atoms with Gasteiger partial charge in [0.05, 0.1) is 31.8 Å². The van der Waals surface area contributed by atoms with Crippen LogP contribution in [-0.2, 0) is 18.5 Å². The van der Waals surface area contributed by atoms with Gasteiger partial charge in [-0.25, -0.2) is 0 Å². The van der Waals surface area contributed by atoms with Gasteiger partial charge in [0.15, 0.2) is 9.03 Å². The van der Waals surface area contributed by atoms with Crippen molar-refractivity contribution in [3.05, 3.63) is 0 Å². The normalized spacial score (nSPS) is 22.5. The highest BCUT2D eigenvalue weighted by atomic mass is 31.1. The van der Waals surface area contributed by atoms with Crippen LogP contribution >= 0.6 is 9.03 Å². The standard InChI is InChI=1S/C7H15O4P/c1-8-3-7(4-9-2)5-10-12-11-6-7/h12H,3-6H2,1-2H3. The molecular weight excluding hydrogens is 179 g/mol.